The summed E-state index contributed by atoms with van der Waals surface area (Å²) in [6.45, 7) is 0.628. The van der Waals surface area contributed by atoms with Crippen LogP contribution in [0.3, 0.4) is 0 Å². The number of carbonyl (C=O) groups excluding carboxylic acids is 1. The van der Waals surface area contributed by atoms with E-state index >= 15 is 0 Å². The molecule has 0 fully saturated rings. The molecule has 1 aliphatic heterocycles. The number of aryl methyl sites for hydroxylation is 2. The number of anilines is 1. The van der Waals surface area contributed by atoms with Gasteiger partial charge in [0.15, 0.2) is 0 Å². The second kappa shape index (κ2) is 5.05. The molecule has 3 rings (SSSR count). The molecule has 0 saturated heterocycles. The first-order valence-corrected chi connectivity index (χ1v) is 6.72. The molecule has 0 unspecified atom stereocenters. The summed E-state index contributed by atoms with van der Waals surface area (Å²) < 4.78 is 1.68. The minimum atomic E-state index is -0.951. The number of nitrogens with zero attached hydrogens (tertiary/aromatic N) is 3. The fraction of sp³-hybridized carbons (Fsp3) is 0.267. The summed E-state index contributed by atoms with van der Waals surface area (Å²) >= 11 is 0. The summed E-state index contributed by atoms with van der Waals surface area (Å²) in [5, 5.41) is 9.06. The van der Waals surface area contributed by atoms with Gasteiger partial charge in [-0.05, 0) is 36.6 Å². The van der Waals surface area contributed by atoms with E-state index in [1.807, 2.05) is 0 Å². The zero-order valence-electron chi connectivity index (χ0n) is 11.6. The van der Waals surface area contributed by atoms with Crippen molar-refractivity contribution in [1.82, 2.24) is 9.55 Å². The number of amides is 1. The zero-order valence-corrected chi connectivity index (χ0v) is 11.6. The van der Waals surface area contributed by atoms with E-state index in [0.29, 0.717) is 12.2 Å². The van der Waals surface area contributed by atoms with Gasteiger partial charge in [0.2, 0.25) is 0 Å². The number of aromatic carboxylic acids is 1. The van der Waals surface area contributed by atoms with Crippen molar-refractivity contribution in [2.24, 2.45) is 7.05 Å². The average Bonchev–Trinajstić information content (AvgIpc) is 2.91. The number of imidazole rings is 1. The summed E-state index contributed by atoms with van der Waals surface area (Å²) in [5.74, 6) is -1.06. The van der Waals surface area contributed by atoms with Crippen LogP contribution < -0.4 is 4.90 Å². The van der Waals surface area contributed by atoms with Gasteiger partial charge in [0.1, 0.15) is 5.69 Å². The number of benzene rings is 1. The first kappa shape index (κ1) is 13.4. The molecule has 108 valence electrons. The number of carbonyl (C=O) groups is 2. The van der Waals surface area contributed by atoms with Crippen LogP contribution in [-0.2, 0) is 13.5 Å². The highest BCUT2D eigenvalue weighted by molar-refractivity contribution is 6.05. The average molecular weight is 285 g/mol. The lowest BCUT2D eigenvalue weighted by Crippen LogP contribution is -2.36. The van der Waals surface area contributed by atoms with E-state index in [-0.39, 0.29) is 11.5 Å². The van der Waals surface area contributed by atoms with E-state index in [4.69, 9.17) is 5.11 Å². The van der Waals surface area contributed by atoms with E-state index in [2.05, 4.69) is 4.98 Å². The molecule has 1 N–H and O–H groups in total. The smallest absolute Gasteiger partial charge is 0.335 e. The van der Waals surface area contributed by atoms with Gasteiger partial charge in [-0.15, -0.1) is 0 Å². The molecular formula is C15H15N3O3. The summed E-state index contributed by atoms with van der Waals surface area (Å²) in [6.07, 6.45) is 4.74. The zero-order chi connectivity index (χ0) is 15.0. The van der Waals surface area contributed by atoms with Crippen molar-refractivity contribution >= 4 is 17.6 Å². The summed E-state index contributed by atoms with van der Waals surface area (Å²) in [4.78, 5) is 29.3. The van der Waals surface area contributed by atoms with E-state index in [1.54, 1.807) is 41.2 Å². The molecule has 0 spiro atoms. The lowest BCUT2D eigenvalue weighted by Gasteiger charge is -2.29. The number of fused-ring (bicyclic) bond motifs is 1. The fourth-order valence-electron chi connectivity index (χ4n) is 2.64. The molecule has 0 radical (unpaired) electrons. The van der Waals surface area contributed by atoms with Gasteiger partial charge in [-0.25, -0.2) is 9.78 Å². The van der Waals surface area contributed by atoms with Gasteiger partial charge in [0, 0.05) is 19.3 Å². The maximum atomic E-state index is 12.6. The Hall–Kier alpha value is -2.63. The Labute approximate surface area is 121 Å². The Morgan fingerprint density at radius 2 is 2.14 bits per heavy atom. The van der Waals surface area contributed by atoms with Crippen LogP contribution in [-0.4, -0.2) is 33.1 Å². The molecule has 0 saturated carbocycles. The highest BCUT2D eigenvalue weighted by Crippen LogP contribution is 2.29. The number of hydrogen-bond acceptors (Lipinski definition) is 3. The lowest BCUT2D eigenvalue weighted by molar-refractivity contribution is 0.0696. The van der Waals surface area contributed by atoms with Gasteiger partial charge >= 0.3 is 5.97 Å². The van der Waals surface area contributed by atoms with Gasteiger partial charge in [0.25, 0.3) is 5.91 Å². The summed E-state index contributed by atoms with van der Waals surface area (Å²) in [5.41, 5.74) is 2.46. The highest BCUT2D eigenvalue weighted by Gasteiger charge is 2.25. The Bertz CT molecular complexity index is 721. The first-order valence-electron chi connectivity index (χ1n) is 6.72. The van der Waals surface area contributed by atoms with Crippen molar-refractivity contribution in [3.63, 3.8) is 0 Å². The van der Waals surface area contributed by atoms with Crippen LogP contribution in [0.25, 0.3) is 0 Å². The summed E-state index contributed by atoms with van der Waals surface area (Å²) in [6, 6.07) is 4.91. The van der Waals surface area contributed by atoms with Crippen molar-refractivity contribution in [2.75, 3.05) is 11.4 Å². The second-order valence-corrected chi connectivity index (χ2v) is 5.10. The third kappa shape index (κ3) is 2.29. The molecule has 1 aromatic carbocycles. The molecule has 0 atom stereocenters. The van der Waals surface area contributed by atoms with Gasteiger partial charge in [-0.2, -0.15) is 0 Å². The quantitative estimate of drug-likeness (QED) is 0.911. The van der Waals surface area contributed by atoms with Crippen molar-refractivity contribution < 1.29 is 14.7 Å². The Morgan fingerprint density at radius 3 is 2.81 bits per heavy atom. The van der Waals surface area contributed by atoms with Crippen LogP contribution >= 0.6 is 0 Å². The van der Waals surface area contributed by atoms with Crippen LogP contribution in [0.15, 0.2) is 30.7 Å². The Morgan fingerprint density at radius 1 is 1.33 bits per heavy atom. The van der Waals surface area contributed by atoms with Gasteiger partial charge in [-0.1, -0.05) is 0 Å². The maximum Gasteiger partial charge on any atom is 0.335 e. The molecular weight excluding hydrogens is 270 g/mol. The fourth-order valence-corrected chi connectivity index (χ4v) is 2.64. The molecule has 2 aromatic rings. The predicted molar refractivity (Wildman–Crippen MR) is 76.6 cm³/mol. The number of aromatic nitrogens is 2. The van der Waals surface area contributed by atoms with E-state index in [0.717, 1.165) is 24.1 Å². The Kier molecular flexibility index (Phi) is 3.21. The van der Waals surface area contributed by atoms with Gasteiger partial charge in [-0.3, -0.25) is 4.79 Å². The third-order valence-electron chi connectivity index (χ3n) is 3.73. The van der Waals surface area contributed by atoms with Gasteiger partial charge in [0.05, 0.1) is 18.1 Å². The first-order chi connectivity index (χ1) is 10.1. The van der Waals surface area contributed by atoms with E-state index in [1.165, 1.54) is 6.07 Å². The predicted octanol–water partition coefficient (Wildman–Crippen LogP) is 1.71. The van der Waals surface area contributed by atoms with E-state index < -0.39 is 5.97 Å². The number of rotatable bonds is 2. The SMILES string of the molecule is Cn1cncc1C(=O)N1CCCc2cc(C(=O)O)ccc21. The van der Waals surface area contributed by atoms with Crippen LogP contribution in [0.2, 0.25) is 0 Å². The normalized spacial score (nSPS) is 13.9. The third-order valence-corrected chi connectivity index (χ3v) is 3.73. The number of carboxylic acids is 1. The van der Waals surface area contributed by atoms with Crippen LogP contribution in [0.4, 0.5) is 5.69 Å². The lowest BCUT2D eigenvalue weighted by atomic mass is 9.99. The number of hydrogen-bond donors (Lipinski definition) is 1. The van der Waals surface area contributed by atoms with Crippen LogP contribution in [0, 0.1) is 0 Å². The van der Waals surface area contributed by atoms with Gasteiger partial charge < -0.3 is 14.6 Å². The molecule has 6 nitrogen and oxygen atoms in total. The summed E-state index contributed by atoms with van der Waals surface area (Å²) in [7, 11) is 1.78. The minimum absolute atomic E-state index is 0.112. The largest absolute Gasteiger partial charge is 0.478 e. The van der Waals surface area contributed by atoms with E-state index in [9.17, 15) is 9.59 Å². The maximum absolute atomic E-state index is 12.6. The molecule has 1 aromatic heterocycles. The monoisotopic (exact) mass is 285 g/mol. The van der Waals surface area contributed by atoms with Crippen LogP contribution in [0.1, 0.15) is 32.8 Å². The molecule has 1 aliphatic rings. The topological polar surface area (TPSA) is 75.4 Å². The molecule has 6 heteroatoms. The van der Waals surface area contributed by atoms with Crippen molar-refractivity contribution in [3.05, 3.63) is 47.5 Å². The minimum Gasteiger partial charge on any atom is -0.478 e. The molecule has 2 heterocycles. The second-order valence-electron chi connectivity index (χ2n) is 5.10. The van der Waals surface area contributed by atoms with Crippen LogP contribution in [0.5, 0.6) is 0 Å². The standard InChI is InChI=1S/C15H15N3O3/c1-17-9-16-8-13(17)14(19)18-6-2-3-10-7-11(15(20)21)4-5-12(10)18/h4-5,7-9H,2-3,6H2,1H3,(H,20,21). The molecule has 1 amide bonds. The molecule has 21 heavy (non-hydrogen) atoms. The number of carboxylic acid groups (broad SMARTS) is 1. The molecule has 0 aliphatic carbocycles. The van der Waals surface area contributed by atoms with Crippen molar-refractivity contribution in [3.8, 4) is 0 Å². The van der Waals surface area contributed by atoms with Crippen molar-refractivity contribution in [1.29, 1.82) is 0 Å². The Balaban J connectivity index is 1.99. The highest BCUT2D eigenvalue weighted by atomic mass is 16.4. The van der Waals surface area contributed by atoms with Crippen molar-refractivity contribution in [2.45, 2.75) is 12.8 Å². The molecule has 0 bridgehead atoms.